The topological polar surface area (TPSA) is 87.7 Å². The predicted molar refractivity (Wildman–Crippen MR) is 133 cm³/mol. The third kappa shape index (κ3) is 9.53. The van der Waals surface area contributed by atoms with Gasteiger partial charge in [0.15, 0.2) is 9.84 Å². The van der Waals surface area contributed by atoms with Crippen molar-refractivity contribution in [1.82, 2.24) is 15.7 Å². The molecule has 1 aliphatic heterocycles. The van der Waals surface area contributed by atoms with Gasteiger partial charge >= 0.3 is 6.18 Å². The van der Waals surface area contributed by atoms with Gasteiger partial charge in [-0.1, -0.05) is 36.7 Å². The summed E-state index contributed by atoms with van der Waals surface area (Å²) in [6.07, 6.45) is -3.30. The van der Waals surface area contributed by atoms with Crippen LogP contribution in [-0.2, 0) is 26.0 Å². The van der Waals surface area contributed by atoms with E-state index in [2.05, 4.69) is 17.4 Å². The second-order valence-electron chi connectivity index (χ2n) is 7.89. The minimum Gasteiger partial charge on any atom is -0.348 e. The number of rotatable bonds is 10. The Balaban J connectivity index is 2.28. The number of halogens is 5. The number of nitrogens with one attached hydrogen (secondary N) is 2. The molecule has 200 valence electrons. The van der Waals surface area contributed by atoms with Crippen molar-refractivity contribution in [3.05, 3.63) is 63.7 Å². The maximum Gasteiger partial charge on any atom is 0.412 e. The smallest absolute Gasteiger partial charge is 0.348 e. The van der Waals surface area contributed by atoms with E-state index in [1.54, 1.807) is 0 Å². The number of hydroxylamine groups is 1. The Morgan fingerprint density at radius 1 is 1.31 bits per heavy atom. The zero-order valence-electron chi connectivity index (χ0n) is 19.6. The van der Waals surface area contributed by atoms with Crippen molar-refractivity contribution >= 4 is 38.9 Å². The highest BCUT2D eigenvalue weighted by molar-refractivity contribution is 7.91. The molecular weight excluding hydrogens is 542 g/mol. The number of carbonyl (C=O) groups is 1. The maximum atomic E-state index is 13.8. The average molecular weight is 570 g/mol. The summed E-state index contributed by atoms with van der Waals surface area (Å²) in [5, 5.41) is 2.56. The fourth-order valence-electron chi connectivity index (χ4n) is 3.38. The van der Waals surface area contributed by atoms with E-state index < -0.39 is 27.5 Å². The van der Waals surface area contributed by atoms with E-state index in [1.165, 1.54) is 25.1 Å². The molecular formula is C23H28Cl2F3N3O4S. The van der Waals surface area contributed by atoms with Gasteiger partial charge < -0.3 is 10.2 Å². The van der Waals surface area contributed by atoms with Crippen molar-refractivity contribution in [2.45, 2.75) is 31.0 Å². The van der Waals surface area contributed by atoms with Gasteiger partial charge in [-0.3, -0.25) is 9.69 Å². The Labute approximate surface area is 218 Å². The van der Waals surface area contributed by atoms with Crippen molar-refractivity contribution in [3.8, 4) is 0 Å². The molecule has 1 aromatic rings. The van der Waals surface area contributed by atoms with Crippen molar-refractivity contribution in [1.29, 1.82) is 0 Å². The molecule has 1 heterocycles. The Hall–Kier alpha value is -1.89. The number of hydrogen-bond acceptors (Lipinski definition) is 6. The molecule has 1 aliphatic rings. The van der Waals surface area contributed by atoms with Crippen molar-refractivity contribution < 1.29 is 31.2 Å². The zero-order valence-corrected chi connectivity index (χ0v) is 22.0. The quantitative estimate of drug-likeness (QED) is 0.325. The summed E-state index contributed by atoms with van der Waals surface area (Å²) in [4.78, 5) is 19.8. The first kappa shape index (κ1) is 30.3. The predicted octanol–water partition coefficient (Wildman–Crippen LogP) is 4.14. The molecule has 0 saturated carbocycles. The van der Waals surface area contributed by atoms with Gasteiger partial charge in [0.05, 0.1) is 17.3 Å². The molecule has 0 atom stereocenters. The first-order valence-electron chi connectivity index (χ1n) is 11.0. The summed E-state index contributed by atoms with van der Waals surface area (Å²) >= 11 is 11.8. The highest BCUT2D eigenvalue weighted by Gasteiger charge is 2.34. The van der Waals surface area contributed by atoms with E-state index in [1.807, 2.05) is 4.90 Å². The van der Waals surface area contributed by atoms with Crippen LogP contribution in [0.1, 0.15) is 18.9 Å². The van der Waals surface area contributed by atoms with E-state index >= 15 is 0 Å². The number of sulfone groups is 1. The molecule has 0 aromatic heterocycles. The number of amides is 1. The maximum absolute atomic E-state index is 13.8. The summed E-state index contributed by atoms with van der Waals surface area (Å²) < 4.78 is 66.2. The van der Waals surface area contributed by atoms with Crippen LogP contribution in [0.15, 0.2) is 58.0 Å². The van der Waals surface area contributed by atoms with Crippen LogP contribution in [0, 0.1) is 0 Å². The third-order valence-electron chi connectivity index (χ3n) is 5.28. The monoisotopic (exact) mass is 569 g/mol. The van der Waals surface area contributed by atoms with Crippen LogP contribution in [-0.4, -0.2) is 63.9 Å². The summed E-state index contributed by atoms with van der Waals surface area (Å²) in [7, 11) is -3.63. The molecule has 1 amide bonds. The minimum absolute atomic E-state index is 0.0237. The second kappa shape index (κ2) is 13.6. The highest BCUT2D eigenvalue weighted by atomic mass is 35.5. The van der Waals surface area contributed by atoms with Crippen molar-refractivity contribution in [3.63, 3.8) is 0 Å². The number of nitrogens with zero attached hydrogens (tertiary/aromatic N) is 1. The largest absolute Gasteiger partial charge is 0.412 e. The van der Waals surface area contributed by atoms with Crippen LogP contribution in [0.3, 0.4) is 0 Å². The Morgan fingerprint density at radius 3 is 2.67 bits per heavy atom. The average Bonchev–Trinajstić information content (AvgIpc) is 3.07. The summed E-state index contributed by atoms with van der Waals surface area (Å²) in [5.41, 5.74) is 1.62. The molecule has 1 fully saturated rings. The van der Waals surface area contributed by atoms with Crippen LogP contribution < -0.4 is 10.8 Å². The molecule has 0 radical (unpaired) electrons. The van der Waals surface area contributed by atoms with E-state index in [0.29, 0.717) is 26.2 Å². The van der Waals surface area contributed by atoms with Crippen LogP contribution in [0.25, 0.3) is 0 Å². The fraction of sp³-hybridized carbons (Fsp3) is 0.435. The van der Waals surface area contributed by atoms with Gasteiger partial charge in [-0.25, -0.2) is 13.9 Å². The SMILES string of the molecule is C=C(Cl)/C=C(\C=C(/CCN1CCNOCC1)C(F)(F)F)C(=O)NCc1cc(Cl)ccc1S(=O)(=O)CC. The lowest BCUT2D eigenvalue weighted by molar-refractivity contribution is -0.117. The molecule has 0 aliphatic carbocycles. The van der Waals surface area contributed by atoms with Gasteiger partial charge in [0.1, 0.15) is 0 Å². The lowest BCUT2D eigenvalue weighted by Gasteiger charge is -2.20. The highest BCUT2D eigenvalue weighted by Crippen LogP contribution is 2.30. The first-order chi connectivity index (χ1) is 16.8. The molecule has 2 rings (SSSR count). The Kier molecular flexibility index (Phi) is 11.5. The van der Waals surface area contributed by atoms with E-state index in [9.17, 15) is 26.4 Å². The number of hydrogen-bond donors (Lipinski definition) is 2. The lowest BCUT2D eigenvalue weighted by atomic mass is 10.1. The second-order valence-corrected chi connectivity index (χ2v) is 11.1. The van der Waals surface area contributed by atoms with Gasteiger partial charge in [-0.2, -0.15) is 13.2 Å². The minimum atomic E-state index is -4.69. The van der Waals surface area contributed by atoms with Crippen molar-refractivity contribution in [2.75, 3.05) is 38.5 Å². The molecule has 13 heteroatoms. The summed E-state index contributed by atoms with van der Waals surface area (Å²) in [6, 6.07) is 4.11. The molecule has 7 nitrogen and oxygen atoms in total. The van der Waals surface area contributed by atoms with Crippen LogP contribution >= 0.6 is 23.2 Å². The third-order valence-corrected chi connectivity index (χ3v) is 7.46. The van der Waals surface area contributed by atoms with Gasteiger partial charge in [-0.05, 0) is 42.3 Å². The summed E-state index contributed by atoms with van der Waals surface area (Å²) in [6.45, 7) is 6.51. The number of carbonyl (C=O) groups excluding carboxylic acids is 1. The molecule has 36 heavy (non-hydrogen) atoms. The lowest BCUT2D eigenvalue weighted by Crippen LogP contribution is -2.31. The van der Waals surface area contributed by atoms with Gasteiger partial charge in [-0.15, -0.1) is 0 Å². The number of alkyl halides is 3. The number of benzene rings is 1. The van der Waals surface area contributed by atoms with Crippen LogP contribution in [0.5, 0.6) is 0 Å². The first-order valence-corrected chi connectivity index (χ1v) is 13.4. The molecule has 1 aromatic carbocycles. The normalized spacial score (nSPS) is 16.5. The fourth-order valence-corrected chi connectivity index (χ4v) is 4.81. The van der Waals surface area contributed by atoms with E-state index in [4.69, 9.17) is 28.0 Å². The Bertz CT molecular complexity index is 1110. The van der Waals surface area contributed by atoms with Crippen LogP contribution in [0.2, 0.25) is 5.02 Å². The van der Waals surface area contributed by atoms with Gasteiger partial charge in [0.2, 0.25) is 0 Å². The number of allylic oxidation sites excluding steroid dienone is 2. The Morgan fingerprint density at radius 2 is 2.03 bits per heavy atom. The summed E-state index contributed by atoms with van der Waals surface area (Å²) in [5.74, 6) is -1.06. The standard InChI is InChI=1S/C23H28Cl2F3N3O4S/c1-3-36(33,34)21-5-4-20(25)14-18(21)15-29-22(32)17(12-16(2)24)13-19(23(26,27)28)6-8-31-9-7-30-35-11-10-31/h4-5,12-14,30H,2-3,6-11,15H2,1H3,(H,29,32)/b17-12+,19-13+. The molecule has 2 N–H and O–H groups in total. The van der Waals surface area contributed by atoms with E-state index in [-0.39, 0.29) is 51.4 Å². The van der Waals surface area contributed by atoms with Crippen LogP contribution in [0.4, 0.5) is 13.2 Å². The zero-order chi connectivity index (χ0) is 26.9. The molecule has 0 unspecified atom stereocenters. The van der Waals surface area contributed by atoms with Gasteiger partial charge in [0, 0.05) is 53.9 Å². The molecule has 0 spiro atoms. The van der Waals surface area contributed by atoms with E-state index in [0.717, 1.165) is 12.2 Å². The van der Waals surface area contributed by atoms with Crippen molar-refractivity contribution in [2.24, 2.45) is 0 Å². The molecule has 1 saturated heterocycles. The van der Waals surface area contributed by atoms with Gasteiger partial charge in [0.25, 0.3) is 5.91 Å². The molecule has 0 bridgehead atoms.